The van der Waals surface area contributed by atoms with Gasteiger partial charge >= 0.3 is 0 Å². The van der Waals surface area contributed by atoms with Gasteiger partial charge in [0.15, 0.2) is 5.16 Å². The summed E-state index contributed by atoms with van der Waals surface area (Å²) in [6.45, 7) is 5.66. The van der Waals surface area contributed by atoms with E-state index in [1.807, 2.05) is 18.2 Å². The van der Waals surface area contributed by atoms with Crippen LogP contribution < -0.4 is 10.2 Å². The van der Waals surface area contributed by atoms with Crippen molar-refractivity contribution in [2.45, 2.75) is 56.0 Å². The second kappa shape index (κ2) is 10.3. The first-order chi connectivity index (χ1) is 14.7. The third kappa shape index (κ3) is 5.52. The molecule has 0 aliphatic carbocycles. The van der Waals surface area contributed by atoms with Gasteiger partial charge in [-0.2, -0.15) is 0 Å². The fourth-order valence-corrected chi connectivity index (χ4v) is 4.69. The maximum absolute atomic E-state index is 12.5. The Morgan fingerprint density at radius 2 is 2.10 bits per heavy atom. The average Bonchev–Trinajstić information content (AvgIpc) is 3.50. The number of benzene rings is 1. The Balaban J connectivity index is 1.38. The highest BCUT2D eigenvalue weighted by Crippen LogP contribution is 2.25. The lowest BCUT2D eigenvalue weighted by molar-refractivity contribution is 0.0857. The number of hydrogen-bond donors (Lipinski definition) is 1. The van der Waals surface area contributed by atoms with Crippen LogP contribution in [-0.2, 0) is 16.9 Å². The molecular weight excluding hydrogens is 396 g/mol. The second-order valence-corrected chi connectivity index (χ2v) is 8.82. The van der Waals surface area contributed by atoms with E-state index in [1.165, 1.54) is 12.8 Å². The molecule has 2 fully saturated rings. The lowest BCUT2D eigenvalue weighted by Gasteiger charge is -2.17. The van der Waals surface area contributed by atoms with Gasteiger partial charge in [-0.1, -0.05) is 30.8 Å². The fraction of sp³-hybridized carbons (Fsp3) is 0.522. The molecule has 2 aliphatic rings. The third-order valence-corrected chi connectivity index (χ3v) is 6.53. The predicted octanol–water partition coefficient (Wildman–Crippen LogP) is 3.84. The Morgan fingerprint density at radius 3 is 2.87 bits per heavy atom. The summed E-state index contributed by atoms with van der Waals surface area (Å²) in [5.74, 6) is 1.74. The number of amides is 1. The van der Waals surface area contributed by atoms with E-state index in [0.717, 1.165) is 66.9 Å². The van der Waals surface area contributed by atoms with E-state index in [2.05, 4.69) is 29.3 Å². The molecule has 0 saturated carbocycles. The first-order valence-electron chi connectivity index (χ1n) is 11.0. The lowest BCUT2D eigenvalue weighted by atomic mass is 10.1. The summed E-state index contributed by atoms with van der Waals surface area (Å²) < 4.78 is 5.58. The van der Waals surface area contributed by atoms with Crippen molar-refractivity contribution in [2.75, 3.05) is 31.1 Å². The fourth-order valence-electron chi connectivity index (χ4n) is 3.88. The highest BCUT2D eigenvalue weighted by molar-refractivity contribution is 7.98. The van der Waals surface area contributed by atoms with E-state index < -0.39 is 0 Å². The molecule has 2 saturated heterocycles. The summed E-state index contributed by atoms with van der Waals surface area (Å²) in [6, 6.07) is 9.93. The summed E-state index contributed by atoms with van der Waals surface area (Å²) in [4.78, 5) is 24.3. The maximum Gasteiger partial charge on any atom is 0.251 e. The van der Waals surface area contributed by atoms with Crippen molar-refractivity contribution in [2.24, 2.45) is 0 Å². The van der Waals surface area contributed by atoms with Crippen molar-refractivity contribution in [3.05, 3.63) is 47.2 Å². The standard InChI is InChI=1S/C23H30N4O2S/c1-2-19-14-21(27-10-3-4-11-27)26-23(25-19)30-16-17-7-5-8-18(13-17)22(28)24-15-20-9-6-12-29-20/h5,7-8,13-14,20H,2-4,6,9-12,15-16H2,1H3,(H,24,28)/t20-/m0/s1. The minimum absolute atomic E-state index is 0.0436. The van der Waals surface area contributed by atoms with Crippen molar-refractivity contribution < 1.29 is 9.53 Å². The van der Waals surface area contributed by atoms with Gasteiger partial charge in [0.2, 0.25) is 0 Å². The third-order valence-electron chi connectivity index (χ3n) is 5.61. The van der Waals surface area contributed by atoms with Gasteiger partial charge in [-0.3, -0.25) is 4.79 Å². The number of carbonyl (C=O) groups is 1. The number of ether oxygens (including phenoxy) is 1. The molecule has 0 spiro atoms. The molecule has 30 heavy (non-hydrogen) atoms. The summed E-state index contributed by atoms with van der Waals surface area (Å²) in [5.41, 5.74) is 2.86. The molecule has 1 N–H and O–H groups in total. The van der Waals surface area contributed by atoms with Crippen molar-refractivity contribution in [3.8, 4) is 0 Å². The summed E-state index contributed by atoms with van der Waals surface area (Å²) in [7, 11) is 0. The van der Waals surface area contributed by atoms with E-state index in [4.69, 9.17) is 14.7 Å². The Labute approximate surface area is 182 Å². The highest BCUT2D eigenvalue weighted by Gasteiger charge is 2.18. The average molecular weight is 427 g/mol. The molecule has 0 radical (unpaired) electrons. The van der Waals surface area contributed by atoms with Gasteiger partial charge in [0.1, 0.15) is 5.82 Å². The number of thioether (sulfide) groups is 1. The molecule has 6 nitrogen and oxygen atoms in total. The summed E-state index contributed by atoms with van der Waals surface area (Å²) >= 11 is 1.63. The van der Waals surface area contributed by atoms with Crippen LogP contribution in [-0.4, -0.2) is 48.2 Å². The summed E-state index contributed by atoms with van der Waals surface area (Å²) in [6.07, 6.45) is 5.62. The lowest BCUT2D eigenvalue weighted by Crippen LogP contribution is -2.31. The van der Waals surface area contributed by atoms with Gasteiger partial charge in [0, 0.05) is 49.3 Å². The van der Waals surface area contributed by atoms with Crippen LogP contribution in [0.15, 0.2) is 35.5 Å². The molecular formula is C23H30N4O2S. The molecule has 2 aliphatic heterocycles. The summed E-state index contributed by atoms with van der Waals surface area (Å²) in [5, 5.41) is 3.80. The Kier molecular flexibility index (Phi) is 7.23. The highest BCUT2D eigenvalue weighted by atomic mass is 32.2. The normalized spacial score (nSPS) is 18.7. The largest absolute Gasteiger partial charge is 0.376 e. The Hall–Kier alpha value is -2.12. The molecule has 1 aromatic carbocycles. The number of hydrogen-bond acceptors (Lipinski definition) is 6. The van der Waals surface area contributed by atoms with Gasteiger partial charge in [0.25, 0.3) is 5.91 Å². The SMILES string of the molecule is CCc1cc(N2CCCC2)nc(SCc2cccc(C(=O)NC[C@@H]3CCCO3)c2)n1. The molecule has 1 atom stereocenters. The van der Waals surface area contributed by atoms with Gasteiger partial charge in [0.05, 0.1) is 6.10 Å². The van der Waals surface area contributed by atoms with E-state index >= 15 is 0 Å². The van der Waals surface area contributed by atoms with Gasteiger partial charge in [-0.25, -0.2) is 9.97 Å². The van der Waals surface area contributed by atoms with E-state index in [1.54, 1.807) is 11.8 Å². The van der Waals surface area contributed by atoms with Crippen LogP contribution in [0.4, 0.5) is 5.82 Å². The van der Waals surface area contributed by atoms with E-state index in [0.29, 0.717) is 12.1 Å². The zero-order chi connectivity index (χ0) is 20.8. The van der Waals surface area contributed by atoms with Crippen molar-refractivity contribution in [3.63, 3.8) is 0 Å². The van der Waals surface area contributed by atoms with Crippen LogP contribution in [0.3, 0.4) is 0 Å². The molecule has 1 aromatic heterocycles. The van der Waals surface area contributed by atoms with E-state index in [-0.39, 0.29) is 12.0 Å². The number of aromatic nitrogens is 2. The van der Waals surface area contributed by atoms with Crippen LogP contribution in [0.1, 0.15) is 54.2 Å². The number of aryl methyl sites for hydroxylation is 1. The first kappa shape index (κ1) is 21.1. The van der Waals surface area contributed by atoms with Crippen molar-refractivity contribution in [1.29, 1.82) is 0 Å². The molecule has 0 unspecified atom stereocenters. The Bertz CT molecular complexity index is 864. The van der Waals surface area contributed by atoms with E-state index in [9.17, 15) is 4.79 Å². The smallest absolute Gasteiger partial charge is 0.251 e. The Morgan fingerprint density at radius 1 is 1.23 bits per heavy atom. The second-order valence-electron chi connectivity index (χ2n) is 7.88. The van der Waals surface area contributed by atoms with Gasteiger partial charge in [-0.15, -0.1) is 0 Å². The number of rotatable bonds is 8. The minimum Gasteiger partial charge on any atom is -0.376 e. The number of nitrogens with zero attached hydrogens (tertiary/aromatic N) is 3. The van der Waals surface area contributed by atoms with Crippen LogP contribution in [0.25, 0.3) is 0 Å². The predicted molar refractivity (Wildman–Crippen MR) is 120 cm³/mol. The molecule has 2 aromatic rings. The molecule has 1 amide bonds. The number of anilines is 1. The molecule has 4 rings (SSSR count). The quantitative estimate of drug-likeness (QED) is 0.511. The van der Waals surface area contributed by atoms with Gasteiger partial charge in [-0.05, 0) is 49.8 Å². The van der Waals surface area contributed by atoms with Crippen molar-refractivity contribution >= 4 is 23.5 Å². The molecule has 160 valence electrons. The van der Waals surface area contributed by atoms with Crippen LogP contribution in [0, 0.1) is 0 Å². The first-order valence-corrected chi connectivity index (χ1v) is 11.9. The number of carbonyl (C=O) groups excluding carboxylic acids is 1. The number of nitrogens with one attached hydrogen (secondary N) is 1. The van der Waals surface area contributed by atoms with Crippen LogP contribution in [0.2, 0.25) is 0 Å². The molecule has 0 bridgehead atoms. The molecule has 7 heteroatoms. The topological polar surface area (TPSA) is 67.4 Å². The molecule has 3 heterocycles. The van der Waals surface area contributed by atoms with Crippen LogP contribution >= 0.6 is 11.8 Å². The van der Waals surface area contributed by atoms with Gasteiger partial charge < -0.3 is 15.0 Å². The van der Waals surface area contributed by atoms with Crippen molar-refractivity contribution in [1.82, 2.24) is 15.3 Å². The monoisotopic (exact) mass is 426 g/mol. The maximum atomic E-state index is 12.5. The zero-order valence-electron chi connectivity index (χ0n) is 17.6. The zero-order valence-corrected chi connectivity index (χ0v) is 18.4. The minimum atomic E-state index is -0.0436. The van der Waals surface area contributed by atoms with Crippen LogP contribution in [0.5, 0.6) is 0 Å².